The quantitative estimate of drug-likeness (QED) is 0.677. The van der Waals surface area contributed by atoms with E-state index in [2.05, 4.69) is 10.6 Å². The largest absolute Gasteiger partial charge is 0.380 e. The van der Waals surface area contributed by atoms with E-state index in [1.165, 1.54) is 0 Å². The van der Waals surface area contributed by atoms with Crippen molar-refractivity contribution in [1.29, 1.82) is 0 Å². The Balaban J connectivity index is 2.00. The zero-order chi connectivity index (χ0) is 10.3. The summed E-state index contributed by atoms with van der Waals surface area (Å²) in [5.74, 6) is 0.326. The lowest BCUT2D eigenvalue weighted by atomic mass is 10.0. The molecule has 2 aliphatic rings. The summed E-state index contributed by atoms with van der Waals surface area (Å²) in [5, 5.41) is 6.46. The van der Waals surface area contributed by atoms with E-state index in [-0.39, 0.29) is 11.8 Å². The van der Waals surface area contributed by atoms with Crippen molar-refractivity contribution in [1.82, 2.24) is 0 Å². The molecule has 1 fully saturated rings. The van der Waals surface area contributed by atoms with Gasteiger partial charge in [-0.25, -0.2) is 0 Å². The van der Waals surface area contributed by atoms with E-state index >= 15 is 0 Å². The van der Waals surface area contributed by atoms with Gasteiger partial charge in [-0.2, -0.15) is 0 Å². The summed E-state index contributed by atoms with van der Waals surface area (Å²) in [6.45, 7) is 0. The number of carbonyl (C=O) groups is 1. The topological polar surface area (TPSA) is 41.1 Å². The van der Waals surface area contributed by atoms with E-state index < -0.39 is 0 Å². The summed E-state index contributed by atoms with van der Waals surface area (Å²) in [7, 11) is 0. The van der Waals surface area contributed by atoms with Crippen LogP contribution < -0.4 is 10.6 Å². The number of fused-ring (bicyclic) bond motifs is 2. The van der Waals surface area contributed by atoms with Crippen LogP contribution >= 0.6 is 0 Å². The van der Waals surface area contributed by atoms with Crippen LogP contribution in [0.2, 0.25) is 0 Å². The van der Waals surface area contributed by atoms with Crippen LogP contribution in [0.15, 0.2) is 24.3 Å². The number of para-hydroxylation sites is 2. The van der Waals surface area contributed by atoms with Crippen molar-refractivity contribution in [3.63, 3.8) is 0 Å². The molecular formula is C12H14N2O. The molecule has 3 heteroatoms. The molecule has 3 nitrogen and oxygen atoms in total. The highest BCUT2D eigenvalue weighted by Gasteiger charge is 2.35. The first kappa shape index (κ1) is 8.77. The normalized spacial score (nSPS) is 28.4. The van der Waals surface area contributed by atoms with Crippen LogP contribution in [0.1, 0.15) is 19.3 Å². The van der Waals surface area contributed by atoms with E-state index in [1.54, 1.807) is 0 Å². The lowest BCUT2D eigenvalue weighted by molar-refractivity contribution is -0.119. The van der Waals surface area contributed by atoms with Gasteiger partial charge >= 0.3 is 0 Å². The van der Waals surface area contributed by atoms with E-state index in [0.29, 0.717) is 6.04 Å². The molecule has 2 N–H and O–H groups in total. The molecule has 2 unspecified atom stereocenters. The maximum atomic E-state index is 11.9. The second-order valence-corrected chi connectivity index (χ2v) is 4.32. The fourth-order valence-corrected chi connectivity index (χ4v) is 2.59. The van der Waals surface area contributed by atoms with Crippen molar-refractivity contribution in [2.24, 2.45) is 5.92 Å². The van der Waals surface area contributed by atoms with Crippen LogP contribution in [0.5, 0.6) is 0 Å². The van der Waals surface area contributed by atoms with E-state index in [0.717, 1.165) is 30.6 Å². The lowest BCUT2D eigenvalue weighted by Crippen LogP contribution is -2.30. The van der Waals surface area contributed by atoms with Gasteiger partial charge in [-0.1, -0.05) is 18.6 Å². The number of nitrogens with one attached hydrogen (secondary N) is 2. The molecule has 0 bridgehead atoms. The first-order valence-corrected chi connectivity index (χ1v) is 5.51. The smallest absolute Gasteiger partial charge is 0.229 e. The van der Waals surface area contributed by atoms with E-state index in [4.69, 9.17) is 0 Å². The molecule has 1 aliphatic heterocycles. The van der Waals surface area contributed by atoms with E-state index in [9.17, 15) is 4.79 Å². The minimum atomic E-state index is 0.150. The minimum absolute atomic E-state index is 0.150. The van der Waals surface area contributed by atoms with Gasteiger partial charge in [0.05, 0.1) is 17.3 Å². The number of carbonyl (C=O) groups excluding carboxylic acids is 1. The van der Waals surface area contributed by atoms with Crippen molar-refractivity contribution in [2.45, 2.75) is 25.3 Å². The van der Waals surface area contributed by atoms with Crippen LogP contribution in [0.4, 0.5) is 11.4 Å². The van der Waals surface area contributed by atoms with Gasteiger partial charge in [0.15, 0.2) is 0 Å². The molecule has 1 aromatic rings. The molecule has 0 radical (unpaired) electrons. The Hall–Kier alpha value is -1.51. The Bertz CT molecular complexity index is 402. The van der Waals surface area contributed by atoms with Crippen LogP contribution in [-0.2, 0) is 4.79 Å². The minimum Gasteiger partial charge on any atom is -0.380 e. The van der Waals surface area contributed by atoms with Crippen molar-refractivity contribution in [3.8, 4) is 0 Å². The first-order chi connectivity index (χ1) is 7.34. The Morgan fingerprint density at radius 2 is 1.93 bits per heavy atom. The Morgan fingerprint density at radius 3 is 2.80 bits per heavy atom. The molecule has 78 valence electrons. The molecular weight excluding hydrogens is 188 g/mol. The summed E-state index contributed by atoms with van der Waals surface area (Å²) in [6.07, 6.45) is 3.27. The van der Waals surface area contributed by atoms with Gasteiger partial charge < -0.3 is 10.6 Å². The number of amides is 1. The van der Waals surface area contributed by atoms with Crippen molar-refractivity contribution >= 4 is 17.3 Å². The molecule has 0 spiro atoms. The molecule has 1 amide bonds. The number of hydrogen-bond acceptors (Lipinski definition) is 2. The molecule has 0 aromatic heterocycles. The summed E-state index contributed by atoms with van der Waals surface area (Å²) >= 11 is 0. The maximum Gasteiger partial charge on any atom is 0.229 e. The standard InChI is InChI=1S/C12H14N2O/c15-12-8-4-3-7-9(8)13-10-5-1-2-6-11(10)14-12/h1-2,5-6,8-9,13H,3-4,7H2,(H,14,15). The summed E-state index contributed by atoms with van der Waals surface area (Å²) in [6, 6.07) is 8.24. The Kier molecular flexibility index (Phi) is 1.91. The molecule has 1 heterocycles. The number of anilines is 2. The highest BCUT2D eigenvalue weighted by atomic mass is 16.2. The maximum absolute atomic E-state index is 11.9. The summed E-state index contributed by atoms with van der Waals surface area (Å²) in [4.78, 5) is 11.9. The van der Waals surface area contributed by atoms with Crippen molar-refractivity contribution in [2.75, 3.05) is 10.6 Å². The second-order valence-electron chi connectivity index (χ2n) is 4.32. The van der Waals surface area contributed by atoms with Gasteiger partial charge in [-0.3, -0.25) is 4.79 Å². The highest BCUT2D eigenvalue weighted by Crippen LogP contribution is 2.35. The Labute approximate surface area is 88.9 Å². The third kappa shape index (κ3) is 1.39. The third-order valence-corrected chi connectivity index (χ3v) is 3.38. The van der Waals surface area contributed by atoms with Crippen molar-refractivity contribution in [3.05, 3.63) is 24.3 Å². The average molecular weight is 202 g/mol. The fraction of sp³-hybridized carbons (Fsp3) is 0.417. The van der Waals surface area contributed by atoms with Gasteiger partial charge in [0.2, 0.25) is 5.91 Å². The second kappa shape index (κ2) is 3.26. The molecule has 1 aromatic carbocycles. The van der Waals surface area contributed by atoms with Gasteiger partial charge in [-0.15, -0.1) is 0 Å². The fourth-order valence-electron chi connectivity index (χ4n) is 2.59. The first-order valence-electron chi connectivity index (χ1n) is 5.51. The molecule has 1 aliphatic carbocycles. The average Bonchev–Trinajstić information content (AvgIpc) is 2.64. The van der Waals surface area contributed by atoms with Gasteiger partial charge in [-0.05, 0) is 25.0 Å². The van der Waals surface area contributed by atoms with Crippen molar-refractivity contribution < 1.29 is 4.79 Å². The number of rotatable bonds is 0. The van der Waals surface area contributed by atoms with Crippen LogP contribution in [0, 0.1) is 5.92 Å². The van der Waals surface area contributed by atoms with Crippen LogP contribution in [0.3, 0.4) is 0 Å². The molecule has 0 saturated heterocycles. The van der Waals surface area contributed by atoms with Crippen LogP contribution in [-0.4, -0.2) is 11.9 Å². The predicted octanol–water partition coefficient (Wildman–Crippen LogP) is 2.22. The zero-order valence-corrected chi connectivity index (χ0v) is 8.49. The molecule has 1 saturated carbocycles. The van der Waals surface area contributed by atoms with Gasteiger partial charge in [0.25, 0.3) is 0 Å². The van der Waals surface area contributed by atoms with Crippen LogP contribution in [0.25, 0.3) is 0 Å². The predicted molar refractivity (Wildman–Crippen MR) is 59.8 cm³/mol. The third-order valence-electron chi connectivity index (χ3n) is 3.38. The number of hydrogen-bond donors (Lipinski definition) is 2. The number of benzene rings is 1. The van der Waals surface area contributed by atoms with Gasteiger partial charge in [0.1, 0.15) is 0 Å². The highest BCUT2D eigenvalue weighted by molar-refractivity contribution is 5.98. The molecule has 3 rings (SSSR count). The molecule has 15 heavy (non-hydrogen) atoms. The SMILES string of the molecule is O=C1Nc2ccccc2NC2CCCC12. The lowest BCUT2D eigenvalue weighted by Gasteiger charge is -2.16. The monoisotopic (exact) mass is 202 g/mol. The summed E-state index contributed by atoms with van der Waals surface area (Å²) < 4.78 is 0. The van der Waals surface area contributed by atoms with Gasteiger partial charge in [0, 0.05) is 6.04 Å². The zero-order valence-electron chi connectivity index (χ0n) is 8.49. The summed E-state index contributed by atoms with van der Waals surface area (Å²) in [5.41, 5.74) is 1.97. The molecule has 2 atom stereocenters. The Morgan fingerprint density at radius 1 is 1.13 bits per heavy atom. The van der Waals surface area contributed by atoms with E-state index in [1.807, 2.05) is 24.3 Å².